The van der Waals surface area contributed by atoms with Crippen LogP contribution in [0, 0.1) is 29.7 Å². The molecule has 0 radical (unpaired) electrons. The number of ketones is 1. The van der Waals surface area contributed by atoms with Crippen molar-refractivity contribution in [3.63, 3.8) is 0 Å². The molecule has 0 atom stereocenters. The highest BCUT2D eigenvalue weighted by atomic mass is 35.5. The highest BCUT2D eigenvalue weighted by Gasteiger charge is 2.54. The molecule has 0 N–H and O–H groups in total. The zero-order valence-electron chi connectivity index (χ0n) is 12.6. The summed E-state index contributed by atoms with van der Waals surface area (Å²) in [6, 6.07) is 5.30. The van der Waals surface area contributed by atoms with Crippen molar-refractivity contribution in [2.24, 2.45) is 23.2 Å². The first kappa shape index (κ1) is 14.3. The van der Waals surface area contributed by atoms with Gasteiger partial charge in [0.2, 0.25) is 0 Å². The molecule has 1 aromatic carbocycles. The van der Waals surface area contributed by atoms with Crippen LogP contribution in [-0.2, 0) is 11.2 Å². The van der Waals surface area contributed by atoms with Gasteiger partial charge in [0.15, 0.2) is 5.69 Å². The fraction of sp³-hybridized carbons (Fsp3) is 0.579. The Morgan fingerprint density at radius 2 is 1.77 bits per heavy atom. The van der Waals surface area contributed by atoms with Gasteiger partial charge in [-0.2, -0.15) is 0 Å². The second-order valence-electron chi connectivity index (χ2n) is 7.69. The predicted molar refractivity (Wildman–Crippen MR) is 87.0 cm³/mol. The zero-order chi connectivity index (χ0) is 15.3. The largest absolute Gasteiger partial charge is 0.299 e. The second-order valence-corrected chi connectivity index (χ2v) is 8.09. The lowest BCUT2D eigenvalue weighted by Gasteiger charge is -2.56. The lowest BCUT2D eigenvalue weighted by molar-refractivity contribution is -0.143. The molecule has 2 nitrogen and oxygen atoms in total. The quantitative estimate of drug-likeness (QED) is 0.701. The second kappa shape index (κ2) is 5.10. The number of carbonyl (C=O) groups is 1. The fourth-order valence-electron chi connectivity index (χ4n) is 5.56. The molecule has 0 aromatic heterocycles. The summed E-state index contributed by atoms with van der Waals surface area (Å²) < 4.78 is 0. The molecule has 0 saturated heterocycles. The Morgan fingerprint density at radius 3 is 2.27 bits per heavy atom. The number of Topliss-reactive ketones (excluding diaryl/α,β-unsaturated/α-hetero) is 1. The van der Waals surface area contributed by atoms with Crippen LogP contribution in [0.4, 0.5) is 5.69 Å². The molecule has 0 heterocycles. The number of benzene rings is 1. The number of carbonyl (C=O) groups excluding carboxylic acids is 1. The van der Waals surface area contributed by atoms with Crippen molar-refractivity contribution in [3.8, 4) is 0 Å². The molecule has 4 saturated carbocycles. The zero-order valence-corrected chi connectivity index (χ0v) is 13.4. The van der Waals surface area contributed by atoms with E-state index in [0.29, 0.717) is 22.9 Å². The summed E-state index contributed by atoms with van der Waals surface area (Å²) in [5.41, 5.74) is 1.36. The first-order valence-corrected chi connectivity index (χ1v) is 8.65. The van der Waals surface area contributed by atoms with Gasteiger partial charge in [-0.3, -0.25) is 4.79 Å². The van der Waals surface area contributed by atoms with Crippen molar-refractivity contribution in [1.29, 1.82) is 0 Å². The number of halogens is 1. The van der Waals surface area contributed by atoms with Crippen molar-refractivity contribution in [2.75, 3.05) is 0 Å². The van der Waals surface area contributed by atoms with Crippen LogP contribution < -0.4 is 0 Å². The van der Waals surface area contributed by atoms with E-state index < -0.39 is 0 Å². The van der Waals surface area contributed by atoms with E-state index in [1.54, 1.807) is 12.1 Å². The molecular formula is C19H20ClNO. The summed E-state index contributed by atoms with van der Waals surface area (Å²) in [7, 11) is 0. The molecule has 4 bridgehead atoms. The van der Waals surface area contributed by atoms with Crippen LogP contribution in [0.1, 0.15) is 44.1 Å². The molecule has 22 heavy (non-hydrogen) atoms. The van der Waals surface area contributed by atoms with Crippen molar-refractivity contribution in [3.05, 3.63) is 40.2 Å². The van der Waals surface area contributed by atoms with Gasteiger partial charge in [-0.25, -0.2) is 4.85 Å². The van der Waals surface area contributed by atoms with Gasteiger partial charge in [0.1, 0.15) is 5.78 Å². The molecule has 0 spiro atoms. The normalized spacial score (nSPS) is 35.4. The average molecular weight is 314 g/mol. The smallest absolute Gasteiger partial charge is 0.188 e. The summed E-state index contributed by atoms with van der Waals surface area (Å²) in [4.78, 5) is 16.4. The third kappa shape index (κ3) is 2.27. The molecule has 5 rings (SSSR count). The van der Waals surface area contributed by atoms with Gasteiger partial charge >= 0.3 is 0 Å². The Kier molecular flexibility index (Phi) is 3.31. The van der Waals surface area contributed by atoms with Gasteiger partial charge < -0.3 is 0 Å². The molecule has 4 aliphatic rings. The lowest BCUT2D eigenvalue weighted by Crippen LogP contribution is -2.50. The topological polar surface area (TPSA) is 21.4 Å². The molecule has 4 fully saturated rings. The highest BCUT2D eigenvalue weighted by molar-refractivity contribution is 6.31. The van der Waals surface area contributed by atoms with Crippen LogP contribution in [0.15, 0.2) is 18.2 Å². The van der Waals surface area contributed by atoms with Gasteiger partial charge in [-0.1, -0.05) is 23.7 Å². The molecule has 1 aromatic rings. The van der Waals surface area contributed by atoms with Crippen molar-refractivity contribution < 1.29 is 4.79 Å². The van der Waals surface area contributed by atoms with Gasteiger partial charge in [0.25, 0.3) is 0 Å². The van der Waals surface area contributed by atoms with Crippen molar-refractivity contribution in [2.45, 2.75) is 44.9 Å². The maximum atomic E-state index is 13.1. The molecule has 0 aliphatic heterocycles. The standard InChI is InChI=1S/C19H20ClNO/c1-21-16-3-2-15(17(20)8-16)7-18(22)19-9-12-4-13(10-19)6-14(5-12)11-19/h2-3,8,12-14H,4-7,9-11H2. The van der Waals surface area contributed by atoms with E-state index in [2.05, 4.69) is 4.85 Å². The third-order valence-electron chi connectivity index (χ3n) is 6.15. The maximum absolute atomic E-state index is 13.1. The van der Waals surface area contributed by atoms with Crippen LogP contribution in [-0.4, -0.2) is 5.78 Å². The summed E-state index contributed by atoms with van der Waals surface area (Å²) >= 11 is 6.26. The molecule has 114 valence electrons. The third-order valence-corrected chi connectivity index (χ3v) is 6.50. The fourth-order valence-corrected chi connectivity index (χ4v) is 5.80. The van der Waals surface area contributed by atoms with Gasteiger partial charge in [-0.05, 0) is 67.9 Å². The van der Waals surface area contributed by atoms with Crippen molar-refractivity contribution >= 4 is 23.1 Å². The van der Waals surface area contributed by atoms with E-state index >= 15 is 0 Å². The summed E-state index contributed by atoms with van der Waals surface area (Å²) in [6.07, 6.45) is 7.82. The SMILES string of the molecule is [C-]#[N+]c1ccc(CC(=O)C23CC4CC(CC(C4)C2)C3)c(Cl)c1. The van der Waals surface area contributed by atoms with Gasteiger partial charge in [0.05, 0.1) is 6.57 Å². The molecule has 4 aliphatic carbocycles. The van der Waals surface area contributed by atoms with E-state index in [0.717, 1.165) is 42.6 Å². The molecule has 0 amide bonds. The first-order valence-electron chi connectivity index (χ1n) is 8.27. The number of hydrogen-bond donors (Lipinski definition) is 0. The highest BCUT2D eigenvalue weighted by Crippen LogP contribution is 2.60. The van der Waals surface area contributed by atoms with Gasteiger partial charge in [0, 0.05) is 16.9 Å². The van der Waals surface area contributed by atoms with Crippen LogP contribution in [0.2, 0.25) is 5.02 Å². The van der Waals surface area contributed by atoms with Crippen LogP contribution in [0.5, 0.6) is 0 Å². The summed E-state index contributed by atoms with van der Waals surface area (Å²) in [5, 5.41) is 0.562. The maximum Gasteiger partial charge on any atom is 0.188 e. The monoisotopic (exact) mass is 313 g/mol. The minimum Gasteiger partial charge on any atom is -0.299 e. The van der Waals surface area contributed by atoms with E-state index in [1.165, 1.54) is 19.3 Å². The van der Waals surface area contributed by atoms with E-state index in [4.69, 9.17) is 18.2 Å². The van der Waals surface area contributed by atoms with Crippen LogP contribution in [0.25, 0.3) is 4.85 Å². The Labute approximate surface area is 136 Å². The van der Waals surface area contributed by atoms with E-state index in [-0.39, 0.29) is 5.41 Å². The minimum absolute atomic E-state index is 0.0590. The number of hydrogen-bond acceptors (Lipinski definition) is 1. The minimum atomic E-state index is -0.0590. The Bertz CT molecular complexity index is 637. The predicted octanol–water partition coefficient (Wildman–Crippen LogP) is 5.22. The summed E-state index contributed by atoms with van der Waals surface area (Å²) in [6.45, 7) is 7.03. The average Bonchev–Trinajstić information content (AvgIpc) is 2.47. The van der Waals surface area contributed by atoms with E-state index in [9.17, 15) is 4.79 Å². The first-order chi connectivity index (χ1) is 10.6. The molecule has 0 unspecified atom stereocenters. The summed E-state index contributed by atoms with van der Waals surface area (Å²) in [5.74, 6) is 2.75. The number of rotatable bonds is 3. The van der Waals surface area contributed by atoms with Crippen molar-refractivity contribution in [1.82, 2.24) is 0 Å². The Balaban J connectivity index is 1.56. The number of nitrogens with zero attached hydrogens (tertiary/aromatic N) is 1. The van der Waals surface area contributed by atoms with E-state index in [1.807, 2.05) is 6.07 Å². The molecule has 3 heteroatoms. The van der Waals surface area contributed by atoms with Gasteiger partial charge in [-0.15, -0.1) is 0 Å². The Hall–Kier alpha value is -1.33. The molecular weight excluding hydrogens is 294 g/mol. The Morgan fingerprint density at radius 1 is 1.18 bits per heavy atom. The lowest BCUT2D eigenvalue weighted by atomic mass is 9.48. The van der Waals surface area contributed by atoms with Crippen LogP contribution >= 0.6 is 11.6 Å². The van der Waals surface area contributed by atoms with Crippen LogP contribution in [0.3, 0.4) is 0 Å².